The number of fused-ring (bicyclic) bond motifs is 5. The van der Waals surface area contributed by atoms with Crippen LogP contribution in [0.4, 0.5) is 5.69 Å². The zero-order valence-electron chi connectivity index (χ0n) is 12.4. The molecule has 0 aliphatic carbocycles. The number of hydrogen-bond acceptors (Lipinski definition) is 5. The molecule has 0 aromatic heterocycles. The molecule has 1 N–H and O–H groups in total. The van der Waals surface area contributed by atoms with E-state index in [1.165, 1.54) is 0 Å². The highest BCUT2D eigenvalue weighted by molar-refractivity contribution is 6.23. The fraction of sp³-hybridized carbons (Fsp3) is 0.353. The fourth-order valence-electron chi connectivity index (χ4n) is 3.98. The van der Waals surface area contributed by atoms with Crippen molar-refractivity contribution in [2.45, 2.75) is 18.1 Å². The number of nitrogens with zero attached hydrogens (tertiary/aromatic N) is 2. The second kappa shape index (κ2) is 4.28. The van der Waals surface area contributed by atoms with Crippen LogP contribution in [0.15, 0.2) is 36.4 Å². The molecule has 2 bridgehead atoms. The van der Waals surface area contributed by atoms with Crippen molar-refractivity contribution < 1.29 is 19.4 Å². The number of benzene rings is 1. The highest BCUT2D eigenvalue weighted by Gasteiger charge is 2.72. The molecule has 116 valence electrons. The molecule has 3 aliphatic heterocycles. The molecule has 3 heterocycles. The first-order valence-corrected chi connectivity index (χ1v) is 7.35. The zero-order valence-corrected chi connectivity index (χ0v) is 12.4. The van der Waals surface area contributed by atoms with Crippen LogP contribution in [0.3, 0.4) is 0 Å². The van der Waals surface area contributed by atoms with E-state index in [2.05, 4.69) is 0 Å². The number of aliphatic hydroxyl groups excluding tert-OH is 1. The molecule has 0 unspecified atom stereocenters. The molecule has 2 fully saturated rings. The van der Waals surface area contributed by atoms with E-state index in [0.717, 1.165) is 4.90 Å². The number of aliphatic hydroxyl groups is 1. The molecule has 2 saturated heterocycles. The van der Waals surface area contributed by atoms with Crippen LogP contribution in [0, 0.1) is 23.2 Å². The smallest absolute Gasteiger partial charge is 0.241 e. The van der Waals surface area contributed by atoms with Crippen LogP contribution in [0.2, 0.25) is 0 Å². The van der Waals surface area contributed by atoms with E-state index >= 15 is 0 Å². The second-order valence-electron chi connectivity index (χ2n) is 6.36. The van der Waals surface area contributed by atoms with Gasteiger partial charge in [0.2, 0.25) is 11.8 Å². The summed E-state index contributed by atoms with van der Waals surface area (Å²) >= 11 is 0. The number of ether oxygens (including phenoxy) is 1. The molecule has 6 heteroatoms. The summed E-state index contributed by atoms with van der Waals surface area (Å²) in [7, 11) is 0. The van der Waals surface area contributed by atoms with Crippen LogP contribution in [-0.2, 0) is 14.3 Å². The van der Waals surface area contributed by atoms with Crippen molar-refractivity contribution in [3.8, 4) is 6.07 Å². The minimum Gasteiger partial charge on any atom is -0.393 e. The summed E-state index contributed by atoms with van der Waals surface area (Å²) in [5, 5.41) is 18.6. The molecule has 1 aromatic rings. The quantitative estimate of drug-likeness (QED) is 0.643. The number of amides is 2. The van der Waals surface area contributed by atoms with Gasteiger partial charge in [-0.3, -0.25) is 9.59 Å². The van der Waals surface area contributed by atoms with Gasteiger partial charge in [-0.2, -0.15) is 5.26 Å². The van der Waals surface area contributed by atoms with Crippen LogP contribution >= 0.6 is 0 Å². The predicted octanol–water partition coefficient (Wildman–Crippen LogP) is 0.754. The van der Waals surface area contributed by atoms with E-state index in [4.69, 9.17) is 10.00 Å². The summed E-state index contributed by atoms with van der Waals surface area (Å²) in [4.78, 5) is 26.9. The van der Waals surface area contributed by atoms with Crippen molar-refractivity contribution in [3.63, 3.8) is 0 Å². The zero-order chi connectivity index (χ0) is 16.4. The molecule has 4 atom stereocenters. The number of nitriles is 1. The van der Waals surface area contributed by atoms with Crippen LogP contribution in [-0.4, -0.2) is 34.7 Å². The van der Waals surface area contributed by atoms with Crippen molar-refractivity contribution in [2.24, 2.45) is 11.8 Å². The normalized spacial score (nSPS) is 37.3. The molecular formula is C17H14N2O4. The average Bonchev–Trinajstić information content (AvgIpc) is 3.14. The topological polar surface area (TPSA) is 90.6 Å². The number of carbonyl (C=O) groups excluding carboxylic acids is 2. The first kappa shape index (κ1) is 14.1. The maximum Gasteiger partial charge on any atom is 0.241 e. The van der Waals surface area contributed by atoms with Gasteiger partial charge in [-0.25, -0.2) is 4.90 Å². The first-order chi connectivity index (χ1) is 11.0. The molecule has 0 spiro atoms. The Hall–Kier alpha value is -2.49. The van der Waals surface area contributed by atoms with E-state index in [9.17, 15) is 14.7 Å². The van der Waals surface area contributed by atoms with Crippen molar-refractivity contribution in [3.05, 3.63) is 42.0 Å². The van der Waals surface area contributed by atoms with Crippen LogP contribution in [0.1, 0.15) is 12.5 Å². The van der Waals surface area contributed by atoms with Crippen LogP contribution in [0.5, 0.6) is 0 Å². The Morgan fingerprint density at radius 1 is 1.22 bits per heavy atom. The lowest BCUT2D eigenvalue weighted by Gasteiger charge is -2.26. The monoisotopic (exact) mass is 310 g/mol. The van der Waals surface area contributed by atoms with Gasteiger partial charge in [0.1, 0.15) is 5.60 Å². The summed E-state index contributed by atoms with van der Waals surface area (Å²) in [6, 6.07) is 8.30. The molecule has 0 radical (unpaired) electrons. The maximum atomic E-state index is 12.9. The van der Waals surface area contributed by atoms with Gasteiger partial charge < -0.3 is 9.84 Å². The van der Waals surface area contributed by atoms with Gasteiger partial charge in [0.05, 0.1) is 41.4 Å². The van der Waals surface area contributed by atoms with Gasteiger partial charge in [0, 0.05) is 0 Å². The highest BCUT2D eigenvalue weighted by Crippen LogP contribution is 2.57. The van der Waals surface area contributed by atoms with Gasteiger partial charge in [-0.15, -0.1) is 0 Å². The third-order valence-electron chi connectivity index (χ3n) is 5.06. The third-order valence-corrected chi connectivity index (χ3v) is 5.06. The van der Waals surface area contributed by atoms with Gasteiger partial charge >= 0.3 is 0 Å². The third kappa shape index (κ3) is 1.58. The van der Waals surface area contributed by atoms with E-state index in [1.54, 1.807) is 43.3 Å². The standard InChI is InChI=1S/C17H14N2O4/c1-16-6-7-17(9-20,23-16)13-12(16)14(21)19(15(13)22)11-4-2-10(8-18)3-5-11/h2-7,12-13,20H,9H2,1H3/t12-,13-,16+,17-/m1/s1. The lowest BCUT2D eigenvalue weighted by Crippen LogP contribution is -2.43. The summed E-state index contributed by atoms with van der Waals surface area (Å²) in [5.74, 6) is -2.05. The summed E-state index contributed by atoms with van der Waals surface area (Å²) in [5.41, 5.74) is -1.10. The Labute approximate surface area is 132 Å². The minimum atomic E-state index is -1.12. The van der Waals surface area contributed by atoms with Crippen molar-refractivity contribution >= 4 is 17.5 Å². The van der Waals surface area contributed by atoms with Crippen molar-refractivity contribution in [1.82, 2.24) is 0 Å². The van der Waals surface area contributed by atoms with Crippen molar-refractivity contribution in [1.29, 1.82) is 5.26 Å². The van der Waals surface area contributed by atoms with Crippen molar-refractivity contribution in [2.75, 3.05) is 11.5 Å². The largest absolute Gasteiger partial charge is 0.393 e. The summed E-state index contributed by atoms with van der Waals surface area (Å²) in [6.45, 7) is 1.42. The molecule has 1 aromatic carbocycles. The lowest BCUT2D eigenvalue weighted by atomic mass is 9.73. The van der Waals surface area contributed by atoms with Gasteiger partial charge in [-0.1, -0.05) is 12.2 Å². The first-order valence-electron chi connectivity index (χ1n) is 7.35. The van der Waals surface area contributed by atoms with E-state index in [-0.39, 0.29) is 18.4 Å². The Bertz CT molecular complexity index is 794. The Kier molecular flexibility index (Phi) is 2.63. The molecule has 23 heavy (non-hydrogen) atoms. The minimum absolute atomic E-state index is 0.327. The number of anilines is 1. The molecule has 2 amide bonds. The molecule has 4 rings (SSSR count). The van der Waals surface area contributed by atoms with Gasteiger partial charge in [-0.05, 0) is 31.2 Å². The second-order valence-corrected chi connectivity index (χ2v) is 6.36. The molecule has 0 saturated carbocycles. The molecule has 3 aliphatic rings. The number of imide groups is 1. The average molecular weight is 310 g/mol. The Morgan fingerprint density at radius 2 is 1.87 bits per heavy atom. The Balaban J connectivity index is 1.78. The van der Waals surface area contributed by atoms with E-state index in [0.29, 0.717) is 11.3 Å². The lowest BCUT2D eigenvalue weighted by molar-refractivity contribution is -0.131. The highest BCUT2D eigenvalue weighted by atomic mass is 16.5. The maximum absolute atomic E-state index is 12.9. The van der Waals surface area contributed by atoms with Crippen LogP contribution in [0.25, 0.3) is 0 Å². The fourth-order valence-corrected chi connectivity index (χ4v) is 3.98. The molecule has 6 nitrogen and oxygen atoms in total. The van der Waals surface area contributed by atoms with Crippen LogP contribution < -0.4 is 4.90 Å². The predicted molar refractivity (Wildman–Crippen MR) is 79.1 cm³/mol. The number of hydrogen-bond donors (Lipinski definition) is 1. The summed E-state index contributed by atoms with van der Waals surface area (Å²) in [6.07, 6.45) is 3.46. The van der Waals surface area contributed by atoms with E-state index < -0.39 is 23.0 Å². The Morgan fingerprint density at radius 3 is 2.48 bits per heavy atom. The van der Waals surface area contributed by atoms with Gasteiger partial charge in [0.25, 0.3) is 0 Å². The molecular weight excluding hydrogens is 296 g/mol. The summed E-state index contributed by atoms with van der Waals surface area (Å²) < 4.78 is 5.85. The number of carbonyl (C=O) groups is 2. The SMILES string of the molecule is C[C@@]12C=C[C@](CO)(O1)[C@H]1C(=O)N(c3ccc(C#N)cc3)C(=O)[C@@H]12. The van der Waals surface area contributed by atoms with Gasteiger partial charge in [0.15, 0.2) is 0 Å². The van der Waals surface area contributed by atoms with E-state index in [1.807, 2.05) is 6.07 Å². The number of rotatable bonds is 2.